The molecule has 0 aromatic rings. The number of hydrogen-bond acceptors (Lipinski definition) is 4. The van der Waals surface area contributed by atoms with E-state index in [0.717, 1.165) is 30.6 Å². The van der Waals surface area contributed by atoms with Gasteiger partial charge in [0.25, 0.3) is 5.91 Å². The van der Waals surface area contributed by atoms with Crippen molar-refractivity contribution in [1.29, 1.82) is 0 Å². The van der Waals surface area contributed by atoms with E-state index in [1.54, 1.807) is 4.90 Å². The number of aliphatic carboxylic acids is 1. The molecule has 1 saturated carbocycles. The van der Waals surface area contributed by atoms with Crippen LogP contribution in [0.3, 0.4) is 0 Å². The Morgan fingerprint density at radius 1 is 1.19 bits per heavy atom. The van der Waals surface area contributed by atoms with Crippen LogP contribution in [0, 0.1) is 5.41 Å². The molecule has 3 rings (SSSR count). The van der Waals surface area contributed by atoms with Crippen LogP contribution in [0.15, 0.2) is 12.7 Å². The van der Waals surface area contributed by atoms with Crippen LogP contribution in [0.5, 0.6) is 0 Å². The Morgan fingerprint density at radius 3 is 2.50 bits per heavy atom. The molecule has 142 valence electrons. The van der Waals surface area contributed by atoms with E-state index in [1.807, 2.05) is 0 Å². The summed E-state index contributed by atoms with van der Waals surface area (Å²) in [4.78, 5) is 53.1. The summed E-state index contributed by atoms with van der Waals surface area (Å²) < 4.78 is 0. The van der Waals surface area contributed by atoms with Gasteiger partial charge in [0.2, 0.25) is 5.91 Å². The zero-order chi connectivity index (χ0) is 18.9. The van der Waals surface area contributed by atoms with Crippen molar-refractivity contribution in [3.8, 4) is 0 Å². The number of amides is 4. The lowest BCUT2D eigenvalue weighted by Crippen LogP contribution is -2.55. The Bertz CT molecular complexity index is 641. The summed E-state index contributed by atoms with van der Waals surface area (Å²) >= 11 is 0. The number of nitrogens with zero attached hydrogens (tertiary/aromatic N) is 3. The number of fused-ring (bicyclic) bond motifs is 1. The van der Waals surface area contributed by atoms with Gasteiger partial charge < -0.3 is 14.9 Å². The summed E-state index contributed by atoms with van der Waals surface area (Å²) in [5, 5.41) is 9.20. The van der Waals surface area contributed by atoms with Crippen molar-refractivity contribution in [1.82, 2.24) is 14.7 Å². The Morgan fingerprint density at radius 2 is 1.88 bits per heavy atom. The smallest absolute Gasteiger partial charge is 0.327 e. The lowest BCUT2D eigenvalue weighted by molar-refractivity contribution is -0.142. The molecule has 1 N–H and O–H groups in total. The van der Waals surface area contributed by atoms with Crippen LogP contribution in [0.1, 0.15) is 38.5 Å². The van der Waals surface area contributed by atoms with Crippen LogP contribution in [0.2, 0.25) is 0 Å². The second kappa shape index (κ2) is 7.09. The molecule has 26 heavy (non-hydrogen) atoms. The molecule has 0 bridgehead atoms. The van der Waals surface area contributed by atoms with Gasteiger partial charge in [-0.3, -0.25) is 19.3 Å². The quantitative estimate of drug-likeness (QED) is 0.562. The SMILES string of the molecule is C=CCN1C(=O)C2CN(C(=O)CC3(CC(=O)O)CCCC3)CCN2C1=O. The predicted octanol–water partition coefficient (Wildman–Crippen LogP) is 1.07. The molecule has 8 heteroatoms. The standard InChI is InChI=1S/C18H25N3O5/c1-2-7-21-16(25)13-12-19(8-9-20(13)17(21)26)14(22)10-18(11-15(23)24)5-3-4-6-18/h2,13H,1,3-12H2,(H,23,24). The van der Waals surface area contributed by atoms with E-state index >= 15 is 0 Å². The highest BCUT2D eigenvalue weighted by molar-refractivity contribution is 6.05. The van der Waals surface area contributed by atoms with Crippen LogP contribution in [-0.2, 0) is 14.4 Å². The Kier molecular flexibility index (Phi) is 5.02. The molecule has 8 nitrogen and oxygen atoms in total. The predicted molar refractivity (Wildman–Crippen MR) is 92.2 cm³/mol. The molecular weight excluding hydrogens is 338 g/mol. The first-order chi connectivity index (χ1) is 12.4. The van der Waals surface area contributed by atoms with E-state index in [0.29, 0.717) is 13.1 Å². The second-order valence-electron chi connectivity index (χ2n) is 7.52. The molecule has 2 saturated heterocycles. The van der Waals surface area contributed by atoms with E-state index in [4.69, 9.17) is 0 Å². The lowest BCUT2D eigenvalue weighted by atomic mass is 9.79. The number of rotatable bonds is 6. The minimum atomic E-state index is -0.874. The van der Waals surface area contributed by atoms with Gasteiger partial charge in [-0.1, -0.05) is 18.9 Å². The number of piperazine rings is 1. The summed E-state index contributed by atoms with van der Waals surface area (Å²) in [6.07, 6.45) is 5.10. The molecule has 3 fully saturated rings. The highest BCUT2D eigenvalue weighted by Crippen LogP contribution is 2.44. The minimum Gasteiger partial charge on any atom is -0.481 e. The van der Waals surface area contributed by atoms with Crippen LogP contribution in [-0.4, -0.2) is 75.8 Å². The molecule has 3 aliphatic rings. The summed E-state index contributed by atoms with van der Waals surface area (Å²) in [6, 6.07) is -0.968. The Balaban J connectivity index is 1.67. The fourth-order valence-electron chi connectivity index (χ4n) is 4.47. The normalized spacial score (nSPS) is 24.8. The number of urea groups is 1. The summed E-state index contributed by atoms with van der Waals surface area (Å²) in [5.41, 5.74) is -0.468. The number of imide groups is 1. The van der Waals surface area contributed by atoms with Gasteiger partial charge >= 0.3 is 12.0 Å². The van der Waals surface area contributed by atoms with Gasteiger partial charge in [0.1, 0.15) is 6.04 Å². The summed E-state index contributed by atoms with van der Waals surface area (Å²) in [7, 11) is 0. The molecule has 1 unspecified atom stereocenters. The number of carbonyl (C=O) groups excluding carboxylic acids is 3. The molecule has 0 spiro atoms. The minimum absolute atomic E-state index is 0.00661. The van der Waals surface area contributed by atoms with Gasteiger partial charge in [-0.05, 0) is 18.3 Å². The third-order valence-electron chi connectivity index (χ3n) is 5.79. The third-order valence-corrected chi connectivity index (χ3v) is 5.79. The van der Waals surface area contributed by atoms with E-state index in [9.17, 15) is 24.3 Å². The van der Waals surface area contributed by atoms with Crippen molar-refractivity contribution < 1.29 is 24.3 Å². The van der Waals surface area contributed by atoms with Crippen molar-refractivity contribution in [2.75, 3.05) is 26.2 Å². The maximum Gasteiger partial charge on any atom is 0.327 e. The number of carboxylic acids is 1. The van der Waals surface area contributed by atoms with Crippen molar-refractivity contribution in [3.63, 3.8) is 0 Å². The van der Waals surface area contributed by atoms with Crippen LogP contribution >= 0.6 is 0 Å². The van der Waals surface area contributed by atoms with Gasteiger partial charge in [0, 0.05) is 26.1 Å². The lowest BCUT2D eigenvalue weighted by Gasteiger charge is -2.37. The number of hydrogen-bond donors (Lipinski definition) is 1. The average molecular weight is 363 g/mol. The monoisotopic (exact) mass is 363 g/mol. The number of carboxylic acid groups (broad SMARTS) is 1. The number of carbonyl (C=O) groups is 4. The highest BCUT2D eigenvalue weighted by Gasteiger charge is 2.48. The zero-order valence-electron chi connectivity index (χ0n) is 14.9. The van der Waals surface area contributed by atoms with Gasteiger partial charge in [-0.15, -0.1) is 6.58 Å². The molecule has 2 aliphatic heterocycles. The first-order valence-corrected chi connectivity index (χ1v) is 9.09. The Labute approximate surface area is 152 Å². The molecule has 0 aromatic carbocycles. The summed E-state index contributed by atoms with van der Waals surface area (Å²) in [6.45, 7) is 4.61. The fraction of sp³-hybridized carbons (Fsp3) is 0.667. The topological polar surface area (TPSA) is 98.2 Å². The summed E-state index contributed by atoms with van der Waals surface area (Å²) in [5.74, 6) is -1.29. The van der Waals surface area contributed by atoms with E-state index < -0.39 is 17.4 Å². The van der Waals surface area contributed by atoms with E-state index in [1.165, 1.54) is 11.0 Å². The Hall–Kier alpha value is -2.38. The zero-order valence-corrected chi connectivity index (χ0v) is 14.9. The van der Waals surface area contributed by atoms with Gasteiger partial charge in [0.15, 0.2) is 0 Å². The molecule has 1 aliphatic carbocycles. The van der Waals surface area contributed by atoms with Crippen LogP contribution in [0.25, 0.3) is 0 Å². The maximum absolute atomic E-state index is 12.8. The first-order valence-electron chi connectivity index (χ1n) is 9.09. The molecule has 2 heterocycles. The molecule has 0 aromatic heterocycles. The molecule has 4 amide bonds. The van der Waals surface area contributed by atoms with Crippen LogP contribution in [0.4, 0.5) is 4.79 Å². The first kappa shape index (κ1) is 18.4. The molecule has 0 radical (unpaired) electrons. The average Bonchev–Trinajstić information content (AvgIpc) is 3.13. The highest BCUT2D eigenvalue weighted by atomic mass is 16.4. The van der Waals surface area contributed by atoms with Gasteiger partial charge in [0.05, 0.1) is 13.0 Å². The maximum atomic E-state index is 12.8. The molecular formula is C18H25N3O5. The van der Waals surface area contributed by atoms with Crippen molar-refractivity contribution in [3.05, 3.63) is 12.7 Å². The van der Waals surface area contributed by atoms with Crippen molar-refractivity contribution >= 4 is 23.8 Å². The van der Waals surface area contributed by atoms with Gasteiger partial charge in [-0.25, -0.2) is 4.79 Å². The van der Waals surface area contributed by atoms with Crippen LogP contribution < -0.4 is 0 Å². The fourth-order valence-corrected chi connectivity index (χ4v) is 4.47. The molecule has 1 atom stereocenters. The largest absolute Gasteiger partial charge is 0.481 e. The second-order valence-corrected chi connectivity index (χ2v) is 7.52. The third kappa shape index (κ3) is 3.32. The van der Waals surface area contributed by atoms with Crippen molar-refractivity contribution in [2.24, 2.45) is 5.41 Å². The van der Waals surface area contributed by atoms with E-state index in [2.05, 4.69) is 6.58 Å². The van der Waals surface area contributed by atoms with Crippen molar-refractivity contribution in [2.45, 2.75) is 44.6 Å². The van der Waals surface area contributed by atoms with E-state index in [-0.39, 0.29) is 43.8 Å². The van der Waals surface area contributed by atoms with Gasteiger partial charge in [-0.2, -0.15) is 0 Å².